The molecule has 0 aliphatic rings. The van der Waals surface area contributed by atoms with E-state index < -0.39 is 0 Å². The number of Topliss-reactive ketones (excluding diaryl/α,β-unsaturated/α-hetero) is 1. The number of nitrogens with zero attached hydrogens (tertiary/aromatic N) is 1. The number of hydrogen-bond acceptors (Lipinski definition) is 2. The van der Waals surface area contributed by atoms with Gasteiger partial charge in [-0.3, -0.25) is 9.78 Å². The van der Waals surface area contributed by atoms with Gasteiger partial charge < -0.3 is 0 Å². The van der Waals surface area contributed by atoms with Gasteiger partial charge in [0.15, 0.2) is 0 Å². The Bertz CT molecular complexity index is 516. The van der Waals surface area contributed by atoms with Gasteiger partial charge in [-0.1, -0.05) is 35.9 Å². The van der Waals surface area contributed by atoms with Gasteiger partial charge in [0.05, 0.1) is 5.02 Å². The molecule has 1 heterocycles. The molecule has 0 saturated heterocycles. The average Bonchev–Trinajstić information content (AvgIpc) is 2.35. The fourth-order valence-corrected chi connectivity index (χ4v) is 2.03. The van der Waals surface area contributed by atoms with E-state index in [1.165, 1.54) is 0 Å². The average molecular weight is 260 g/mol. The number of carbonyl (C=O) groups is 1. The van der Waals surface area contributed by atoms with Crippen molar-refractivity contribution in [3.63, 3.8) is 0 Å². The van der Waals surface area contributed by atoms with Crippen LogP contribution in [0.2, 0.25) is 5.02 Å². The number of hydrogen-bond donors (Lipinski definition) is 0. The fraction of sp³-hybridized carbons (Fsp3) is 0.200. The van der Waals surface area contributed by atoms with Crippen LogP contribution in [0.15, 0.2) is 42.7 Å². The van der Waals surface area contributed by atoms with Crippen molar-refractivity contribution in [2.24, 2.45) is 0 Å². The lowest BCUT2D eigenvalue weighted by molar-refractivity contribution is -0.117. The van der Waals surface area contributed by atoms with E-state index in [0.717, 1.165) is 16.7 Å². The summed E-state index contributed by atoms with van der Waals surface area (Å²) in [7, 11) is 0. The van der Waals surface area contributed by atoms with E-state index in [9.17, 15) is 4.79 Å². The van der Waals surface area contributed by atoms with Gasteiger partial charge in [0.25, 0.3) is 0 Å². The van der Waals surface area contributed by atoms with Crippen molar-refractivity contribution in [2.75, 3.05) is 0 Å². The molecule has 2 aromatic rings. The second kappa shape index (κ2) is 5.78. The van der Waals surface area contributed by atoms with Gasteiger partial charge in [-0.15, -0.1) is 0 Å². The highest BCUT2D eigenvalue weighted by Gasteiger charge is 2.09. The minimum atomic E-state index is 0.164. The fourth-order valence-electron chi connectivity index (χ4n) is 1.84. The minimum Gasteiger partial charge on any atom is -0.299 e. The third kappa shape index (κ3) is 3.17. The lowest BCUT2D eigenvalue weighted by Gasteiger charge is -2.05. The molecular formula is C15H14ClNO. The van der Waals surface area contributed by atoms with Gasteiger partial charge in [0.2, 0.25) is 0 Å². The van der Waals surface area contributed by atoms with Crippen LogP contribution in [-0.4, -0.2) is 10.8 Å². The molecule has 0 aliphatic carbocycles. The number of carbonyl (C=O) groups excluding carboxylic acids is 1. The summed E-state index contributed by atoms with van der Waals surface area (Å²) in [6, 6.07) is 9.72. The highest BCUT2D eigenvalue weighted by atomic mass is 35.5. The first-order chi connectivity index (χ1) is 8.66. The molecule has 0 spiro atoms. The second-order valence-electron chi connectivity index (χ2n) is 4.29. The Kier molecular flexibility index (Phi) is 4.11. The molecule has 0 radical (unpaired) electrons. The van der Waals surface area contributed by atoms with Crippen LogP contribution in [0, 0.1) is 6.92 Å². The molecule has 18 heavy (non-hydrogen) atoms. The van der Waals surface area contributed by atoms with Crippen LogP contribution >= 0.6 is 11.6 Å². The van der Waals surface area contributed by atoms with Crippen LogP contribution in [-0.2, 0) is 17.6 Å². The summed E-state index contributed by atoms with van der Waals surface area (Å²) in [5, 5.41) is 0.552. The van der Waals surface area contributed by atoms with Crippen molar-refractivity contribution in [2.45, 2.75) is 19.8 Å². The number of halogens is 1. The first-order valence-corrected chi connectivity index (χ1v) is 6.19. The van der Waals surface area contributed by atoms with E-state index in [1.54, 1.807) is 18.5 Å². The summed E-state index contributed by atoms with van der Waals surface area (Å²) in [5.74, 6) is 0.164. The zero-order valence-corrected chi connectivity index (χ0v) is 10.9. The summed E-state index contributed by atoms with van der Waals surface area (Å²) in [4.78, 5) is 15.9. The van der Waals surface area contributed by atoms with Crippen LogP contribution in [0.1, 0.15) is 16.7 Å². The number of ketones is 1. The molecule has 0 amide bonds. The van der Waals surface area contributed by atoms with Gasteiger partial charge in [0, 0.05) is 25.2 Å². The maximum absolute atomic E-state index is 12.0. The van der Waals surface area contributed by atoms with Crippen molar-refractivity contribution < 1.29 is 4.79 Å². The first kappa shape index (κ1) is 12.8. The van der Waals surface area contributed by atoms with Crippen molar-refractivity contribution in [3.8, 4) is 0 Å². The van der Waals surface area contributed by atoms with Crippen LogP contribution in [0.25, 0.3) is 0 Å². The van der Waals surface area contributed by atoms with Gasteiger partial charge in [-0.25, -0.2) is 0 Å². The topological polar surface area (TPSA) is 30.0 Å². The lowest BCUT2D eigenvalue weighted by Crippen LogP contribution is -2.08. The Morgan fingerprint density at radius 1 is 1.17 bits per heavy atom. The maximum Gasteiger partial charge on any atom is 0.141 e. The molecule has 2 rings (SSSR count). The summed E-state index contributed by atoms with van der Waals surface area (Å²) < 4.78 is 0. The predicted octanol–water partition coefficient (Wildman–Crippen LogP) is 3.40. The molecule has 92 valence electrons. The second-order valence-corrected chi connectivity index (χ2v) is 4.69. The number of benzene rings is 1. The number of aromatic nitrogens is 1. The summed E-state index contributed by atoms with van der Waals surface area (Å²) >= 11 is 5.99. The van der Waals surface area contributed by atoms with E-state index in [2.05, 4.69) is 4.98 Å². The van der Waals surface area contributed by atoms with Crippen LogP contribution < -0.4 is 0 Å². The number of rotatable bonds is 4. The summed E-state index contributed by atoms with van der Waals surface area (Å²) in [6.45, 7) is 2.02. The van der Waals surface area contributed by atoms with Crippen LogP contribution in [0.5, 0.6) is 0 Å². The molecule has 0 unspecified atom stereocenters. The SMILES string of the molecule is Cc1ccccc1CC(=O)Cc1ccncc1Cl. The minimum absolute atomic E-state index is 0.164. The first-order valence-electron chi connectivity index (χ1n) is 5.81. The van der Waals surface area contributed by atoms with Gasteiger partial charge in [0.1, 0.15) is 5.78 Å². The highest BCUT2D eigenvalue weighted by molar-refractivity contribution is 6.31. The summed E-state index contributed by atoms with van der Waals surface area (Å²) in [6.07, 6.45) is 4.03. The quantitative estimate of drug-likeness (QED) is 0.842. The van der Waals surface area contributed by atoms with Crippen molar-refractivity contribution in [1.82, 2.24) is 4.98 Å². The van der Waals surface area contributed by atoms with Gasteiger partial charge >= 0.3 is 0 Å². The van der Waals surface area contributed by atoms with E-state index in [-0.39, 0.29) is 5.78 Å². The molecule has 0 bridgehead atoms. The van der Waals surface area contributed by atoms with E-state index in [1.807, 2.05) is 31.2 Å². The monoisotopic (exact) mass is 259 g/mol. The van der Waals surface area contributed by atoms with Gasteiger partial charge in [-0.05, 0) is 29.7 Å². The third-order valence-corrected chi connectivity index (χ3v) is 3.23. The molecule has 0 aliphatic heterocycles. The Morgan fingerprint density at radius 3 is 2.61 bits per heavy atom. The molecule has 0 atom stereocenters. The molecule has 3 heteroatoms. The molecule has 1 aromatic carbocycles. The van der Waals surface area contributed by atoms with E-state index in [0.29, 0.717) is 17.9 Å². The Labute approximate surface area is 112 Å². The molecular weight excluding hydrogens is 246 g/mol. The van der Waals surface area contributed by atoms with Crippen molar-refractivity contribution in [3.05, 3.63) is 64.4 Å². The largest absolute Gasteiger partial charge is 0.299 e. The smallest absolute Gasteiger partial charge is 0.141 e. The maximum atomic E-state index is 12.0. The lowest BCUT2D eigenvalue weighted by atomic mass is 10.00. The molecule has 0 fully saturated rings. The zero-order valence-electron chi connectivity index (χ0n) is 10.2. The zero-order chi connectivity index (χ0) is 13.0. The molecule has 0 saturated carbocycles. The third-order valence-electron chi connectivity index (χ3n) is 2.89. The number of aryl methyl sites for hydroxylation is 1. The van der Waals surface area contributed by atoms with Crippen LogP contribution in [0.4, 0.5) is 0 Å². The molecule has 1 aromatic heterocycles. The number of pyridine rings is 1. The highest BCUT2D eigenvalue weighted by Crippen LogP contribution is 2.16. The molecule has 0 N–H and O–H groups in total. The standard InChI is InChI=1S/C15H14ClNO/c1-11-4-2-3-5-12(11)8-14(18)9-13-6-7-17-10-15(13)16/h2-7,10H,8-9H2,1H3. The predicted molar refractivity (Wildman–Crippen MR) is 72.8 cm³/mol. The molecule has 2 nitrogen and oxygen atoms in total. The van der Waals surface area contributed by atoms with Gasteiger partial charge in [-0.2, -0.15) is 0 Å². The Hall–Kier alpha value is -1.67. The normalized spacial score (nSPS) is 10.3. The van der Waals surface area contributed by atoms with E-state index in [4.69, 9.17) is 11.6 Å². The van der Waals surface area contributed by atoms with Crippen LogP contribution in [0.3, 0.4) is 0 Å². The Morgan fingerprint density at radius 2 is 1.89 bits per heavy atom. The van der Waals surface area contributed by atoms with Crippen molar-refractivity contribution >= 4 is 17.4 Å². The van der Waals surface area contributed by atoms with Crippen molar-refractivity contribution in [1.29, 1.82) is 0 Å². The summed E-state index contributed by atoms with van der Waals surface area (Å²) in [5.41, 5.74) is 3.06. The Balaban J connectivity index is 2.06. The van der Waals surface area contributed by atoms with E-state index >= 15 is 0 Å².